The quantitative estimate of drug-likeness (QED) is 0.870. The van der Waals surface area contributed by atoms with Crippen LogP contribution in [-0.2, 0) is 4.74 Å². The zero-order chi connectivity index (χ0) is 11.5. The predicted octanol–water partition coefficient (Wildman–Crippen LogP) is 3.27. The van der Waals surface area contributed by atoms with Gasteiger partial charge in [0.1, 0.15) is 0 Å². The number of hydrogen-bond donors (Lipinski definition) is 1. The van der Waals surface area contributed by atoms with Crippen LogP contribution < -0.4 is 5.32 Å². The van der Waals surface area contributed by atoms with E-state index in [0.717, 1.165) is 6.54 Å². The van der Waals surface area contributed by atoms with Gasteiger partial charge in [0.25, 0.3) is 0 Å². The highest BCUT2D eigenvalue weighted by Crippen LogP contribution is 2.33. The maximum Gasteiger partial charge on any atom is 0.0774 e. The van der Waals surface area contributed by atoms with E-state index in [-0.39, 0.29) is 0 Å². The number of aryl methyl sites for hydroxylation is 1. The molecule has 0 saturated carbocycles. The first-order valence-electron chi connectivity index (χ1n) is 6.15. The van der Waals surface area contributed by atoms with E-state index >= 15 is 0 Å². The van der Waals surface area contributed by atoms with Gasteiger partial charge in [-0.15, -0.1) is 11.3 Å². The molecule has 1 aliphatic rings. The highest BCUT2D eigenvalue weighted by atomic mass is 32.1. The van der Waals surface area contributed by atoms with E-state index in [9.17, 15) is 0 Å². The summed E-state index contributed by atoms with van der Waals surface area (Å²) in [6.07, 6.45) is 3.14. The van der Waals surface area contributed by atoms with Gasteiger partial charge >= 0.3 is 0 Å². The Labute approximate surface area is 102 Å². The second-order valence-corrected chi connectivity index (χ2v) is 5.65. The molecular formula is C13H21NOS. The van der Waals surface area contributed by atoms with Crippen LogP contribution in [0.15, 0.2) is 11.4 Å². The molecule has 1 fully saturated rings. The molecule has 2 heterocycles. The number of rotatable bonds is 4. The summed E-state index contributed by atoms with van der Waals surface area (Å²) in [7, 11) is 0. The lowest BCUT2D eigenvalue weighted by atomic mass is 10.00. The van der Waals surface area contributed by atoms with Crippen LogP contribution in [0.4, 0.5) is 0 Å². The predicted molar refractivity (Wildman–Crippen MR) is 69.0 cm³/mol. The summed E-state index contributed by atoms with van der Waals surface area (Å²) < 4.78 is 6.00. The lowest BCUT2D eigenvalue weighted by Gasteiger charge is -2.24. The standard InChI is InChI=1S/C13H21NOS/c1-4-14-13(11-7-8-16-10(11)3)12-6-5-9(2)15-12/h7-9,12-14H,4-6H2,1-3H3. The van der Waals surface area contributed by atoms with Crippen molar-refractivity contribution in [2.75, 3.05) is 6.54 Å². The van der Waals surface area contributed by atoms with Crippen molar-refractivity contribution in [1.29, 1.82) is 0 Å². The summed E-state index contributed by atoms with van der Waals surface area (Å²) in [5.41, 5.74) is 1.42. The van der Waals surface area contributed by atoms with Crippen LogP contribution in [0.1, 0.15) is 43.2 Å². The van der Waals surface area contributed by atoms with Crippen LogP contribution in [0, 0.1) is 6.92 Å². The van der Waals surface area contributed by atoms with Gasteiger partial charge in [0.2, 0.25) is 0 Å². The minimum Gasteiger partial charge on any atom is -0.373 e. The summed E-state index contributed by atoms with van der Waals surface area (Å²) >= 11 is 1.82. The Morgan fingerprint density at radius 2 is 2.38 bits per heavy atom. The average Bonchev–Trinajstić information content (AvgIpc) is 2.84. The second kappa shape index (κ2) is 5.30. The molecule has 0 radical (unpaired) electrons. The maximum atomic E-state index is 6.00. The van der Waals surface area contributed by atoms with Crippen molar-refractivity contribution in [3.63, 3.8) is 0 Å². The number of hydrogen-bond acceptors (Lipinski definition) is 3. The molecule has 1 aromatic rings. The molecule has 1 aliphatic heterocycles. The Morgan fingerprint density at radius 3 is 2.88 bits per heavy atom. The Bertz CT molecular complexity index is 336. The summed E-state index contributed by atoms with van der Waals surface area (Å²) in [6, 6.07) is 2.61. The van der Waals surface area contributed by atoms with Crippen molar-refractivity contribution < 1.29 is 4.74 Å². The van der Waals surface area contributed by atoms with Gasteiger partial charge in [0, 0.05) is 4.88 Å². The summed E-state index contributed by atoms with van der Waals surface area (Å²) in [5.74, 6) is 0. The fourth-order valence-corrected chi connectivity index (χ4v) is 3.21. The summed E-state index contributed by atoms with van der Waals surface area (Å²) in [5, 5.41) is 5.74. The molecule has 0 amide bonds. The fraction of sp³-hybridized carbons (Fsp3) is 0.692. The maximum absolute atomic E-state index is 6.00. The van der Waals surface area contributed by atoms with Crippen molar-refractivity contribution in [2.45, 2.75) is 51.9 Å². The molecule has 16 heavy (non-hydrogen) atoms. The monoisotopic (exact) mass is 239 g/mol. The molecule has 0 aromatic carbocycles. The van der Waals surface area contributed by atoms with E-state index in [1.807, 2.05) is 11.3 Å². The van der Waals surface area contributed by atoms with E-state index in [0.29, 0.717) is 18.2 Å². The topological polar surface area (TPSA) is 21.3 Å². The van der Waals surface area contributed by atoms with Gasteiger partial charge in [0.05, 0.1) is 18.2 Å². The highest BCUT2D eigenvalue weighted by molar-refractivity contribution is 7.10. The van der Waals surface area contributed by atoms with Crippen molar-refractivity contribution in [3.8, 4) is 0 Å². The zero-order valence-electron chi connectivity index (χ0n) is 10.3. The number of likely N-dealkylation sites (N-methyl/N-ethyl adjacent to an activating group) is 1. The molecule has 90 valence electrons. The lowest BCUT2D eigenvalue weighted by molar-refractivity contribution is 0.0319. The second-order valence-electron chi connectivity index (χ2n) is 4.53. The molecule has 2 rings (SSSR count). The molecule has 0 spiro atoms. The zero-order valence-corrected chi connectivity index (χ0v) is 11.1. The van der Waals surface area contributed by atoms with E-state index in [4.69, 9.17) is 4.74 Å². The third-order valence-electron chi connectivity index (χ3n) is 3.29. The number of thiophene rings is 1. The van der Waals surface area contributed by atoms with Crippen LogP contribution in [-0.4, -0.2) is 18.8 Å². The van der Waals surface area contributed by atoms with Crippen LogP contribution in [0.3, 0.4) is 0 Å². The average molecular weight is 239 g/mol. The number of ether oxygens (including phenoxy) is 1. The highest BCUT2D eigenvalue weighted by Gasteiger charge is 2.31. The molecule has 0 aliphatic carbocycles. The minimum absolute atomic E-state index is 0.350. The van der Waals surface area contributed by atoms with Gasteiger partial charge in [-0.1, -0.05) is 6.92 Å². The van der Waals surface area contributed by atoms with Gasteiger partial charge in [-0.3, -0.25) is 0 Å². The minimum atomic E-state index is 0.350. The van der Waals surface area contributed by atoms with E-state index in [2.05, 4.69) is 37.5 Å². The molecule has 1 saturated heterocycles. The van der Waals surface area contributed by atoms with Gasteiger partial charge in [-0.25, -0.2) is 0 Å². The van der Waals surface area contributed by atoms with Crippen molar-refractivity contribution in [3.05, 3.63) is 21.9 Å². The Balaban J connectivity index is 2.14. The summed E-state index contributed by atoms with van der Waals surface area (Å²) in [4.78, 5) is 1.41. The molecule has 2 nitrogen and oxygen atoms in total. The smallest absolute Gasteiger partial charge is 0.0774 e. The van der Waals surface area contributed by atoms with Crippen LogP contribution in [0.2, 0.25) is 0 Å². The van der Waals surface area contributed by atoms with Crippen molar-refractivity contribution in [1.82, 2.24) is 5.32 Å². The molecule has 3 atom stereocenters. The van der Waals surface area contributed by atoms with Crippen molar-refractivity contribution in [2.24, 2.45) is 0 Å². The fourth-order valence-electron chi connectivity index (χ4n) is 2.46. The van der Waals surface area contributed by atoms with E-state index < -0.39 is 0 Å². The Kier molecular flexibility index (Phi) is 4.00. The third-order valence-corrected chi connectivity index (χ3v) is 4.16. The first-order valence-corrected chi connectivity index (χ1v) is 7.03. The molecule has 3 heteroatoms. The Hall–Kier alpha value is -0.380. The largest absolute Gasteiger partial charge is 0.373 e. The van der Waals surface area contributed by atoms with Crippen LogP contribution >= 0.6 is 11.3 Å². The first-order chi connectivity index (χ1) is 7.72. The SMILES string of the molecule is CCNC(c1ccsc1C)C1CCC(C)O1. The molecule has 1 aromatic heterocycles. The molecular weight excluding hydrogens is 218 g/mol. The first kappa shape index (κ1) is 12.1. The van der Waals surface area contributed by atoms with Gasteiger partial charge < -0.3 is 10.1 Å². The molecule has 0 bridgehead atoms. The van der Waals surface area contributed by atoms with Crippen LogP contribution in [0.5, 0.6) is 0 Å². The Morgan fingerprint density at radius 1 is 1.56 bits per heavy atom. The third kappa shape index (κ3) is 2.47. The van der Waals surface area contributed by atoms with Gasteiger partial charge in [-0.05, 0) is 50.2 Å². The molecule has 1 N–H and O–H groups in total. The van der Waals surface area contributed by atoms with Gasteiger partial charge in [0.15, 0.2) is 0 Å². The normalized spacial score (nSPS) is 27.2. The van der Waals surface area contributed by atoms with E-state index in [1.54, 1.807) is 0 Å². The van der Waals surface area contributed by atoms with Crippen molar-refractivity contribution >= 4 is 11.3 Å². The lowest BCUT2D eigenvalue weighted by Crippen LogP contribution is -2.32. The molecule has 3 unspecified atom stereocenters. The number of nitrogens with one attached hydrogen (secondary N) is 1. The van der Waals surface area contributed by atoms with Crippen LogP contribution in [0.25, 0.3) is 0 Å². The van der Waals surface area contributed by atoms with E-state index in [1.165, 1.54) is 23.3 Å². The summed E-state index contributed by atoms with van der Waals surface area (Å²) in [6.45, 7) is 7.52. The van der Waals surface area contributed by atoms with Gasteiger partial charge in [-0.2, -0.15) is 0 Å².